The molecule has 0 heterocycles. The number of hydrogen-bond donors (Lipinski definition) is 2. The minimum atomic E-state index is -0.0262. The number of hydrogen-bond acceptors (Lipinski definition) is 2. The second kappa shape index (κ2) is 15.7. The second-order valence-corrected chi connectivity index (χ2v) is 8.92. The van der Waals surface area contributed by atoms with E-state index in [1.54, 1.807) is 12.1 Å². The van der Waals surface area contributed by atoms with Crippen LogP contribution in [-0.2, 0) is 0 Å². The van der Waals surface area contributed by atoms with Gasteiger partial charge in [0.15, 0.2) is 0 Å². The summed E-state index contributed by atoms with van der Waals surface area (Å²) in [6.45, 7) is 3.00. The Balaban J connectivity index is 1.44. The Hall–Kier alpha value is -2.03. The molecule has 172 valence electrons. The summed E-state index contributed by atoms with van der Waals surface area (Å²) >= 11 is 0. The lowest BCUT2D eigenvalue weighted by Gasteiger charge is -2.08. The number of nitrogens with one attached hydrogen (secondary N) is 1. The highest BCUT2D eigenvalue weighted by atomic mass is 16.3. The summed E-state index contributed by atoms with van der Waals surface area (Å²) in [5.41, 5.74) is 0.679. The molecule has 2 aromatic carbocycles. The summed E-state index contributed by atoms with van der Waals surface area (Å²) < 4.78 is 0. The van der Waals surface area contributed by atoms with E-state index < -0.39 is 0 Å². The van der Waals surface area contributed by atoms with Crippen LogP contribution >= 0.6 is 0 Å². The first-order chi connectivity index (χ1) is 15.2. The maximum Gasteiger partial charge on any atom is 0.251 e. The number of phenols is 1. The molecule has 0 aliphatic rings. The maximum atomic E-state index is 12.5. The number of phenolic OH excluding ortho intramolecular Hbond substituents is 1. The van der Waals surface area contributed by atoms with Gasteiger partial charge in [-0.3, -0.25) is 4.79 Å². The highest BCUT2D eigenvalue weighted by Gasteiger charge is 2.09. The number of rotatable bonds is 17. The van der Waals surface area contributed by atoms with E-state index >= 15 is 0 Å². The smallest absolute Gasteiger partial charge is 0.251 e. The molecule has 0 radical (unpaired) electrons. The van der Waals surface area contributed by atoms with E-state index in [0.29, 0.717) is 5.56 Å². The molecule has 3 nitrogen and oxygen atoms in total. The molecule has 0 aliphatic heterocycles. The molecule has 0 bridgehead atoms. The predicted octanol–water partition coefficient (Wildman–Crippen LogP) is 8.15. The van der Waals surface area contributed by atoms with Crippen LogP contribution in [0.2, 0.25) is 0 Å². The quantitative estimate of drug-likeness (QED) is 0.251. The van der Waals surface area contributed by atoms with Gasteiger partial charge in [-0.25, -0.2) is 0 Å². The number of carbonyl (C=O) groups is 1. The summed E-state index contributed by atoms with van der Waals surface area (Å²) in [7, 11) is 0. The summed E-state index contributed by atoms with van der Waals surface area (Å²) in [5, 5.41) is 14.4. The van der Waals surface area contributed by atoms with E-state index in [4.69, 9.17) is 0 Å². The Kier molecular flexibility index (Phi) is 12.8. The third-order valence-corrected chi connectivity index (χ3v) is 6.17. The molecule has 0 aromatic heterocycles. The number of unbranched alkanes of at least 4 members (excludes halogenated alkanes) is 14. The molecule has 0 atom stereocenters. The van der Waals surface area contributed by atoms with Crippen LogP contribution in [0.3, 0.4) is 0 Å². The minimum Gasteiger partial charge on any atom is -0.508 e. The molecule has 0 aliphatic carbocycles. The predicted molar refractivity (Wildman–Crippen MR) is 133 cm³/mol. The zero-order chi connectivity index (χ0) is 22.2. The molecule has 2 aromatic rings. The van der Waals surface area contributed by atoms with Gasteiger partial charge < -0.3 is 10.4 Å². The summed E-state index contributed by atoms with van der Waals surface area (Å²) in [6, 6.07) is 10.8. The fraction of sp³-hybridized carbons (Fsp3) is 0.607. The van der Waals surface area contributed by atoms with Crippen molar-refractivity contribution >= 4 is 16.7 Å². The number of carbonyl (C=O) groups excluding carboxylic acids is 1. The van der Waals surface area contributed by atoms with Crippen LogP contribution in [0.25, 0.3) is 10.8 Å². The standard InChI is InChI=1S/C28H43NO2/c1-2-3-4-5-6-7-8-9-10-11-12-13-14-15-16-22-29-28(31)27-19-17-18-24-23-25(30)20-21-26(24)27/h17-21,23,30H,2-16,22H2,1H3,(H,29,31). The van der Waals surface area contributed by atoms with Gasteiger partial charge in [0, 0.05) is 12.1 Å². The van der Waals surface area contributed by atoms with Gasteiger partial charge in [0.2, 0.25) is 0 Å². The lowest BCUT2D eigenvalue weighted by atomic mass is 10.0. The molecule has 1 amide bonds. The SMILES string of the molecule is CCCCCCCCCCCCCCCCCNC(=O)c1cccc2cc(O)ccc12. The summed E-state index contributed by atoms with van der Waals surface area (Å²) in [6.07, 6.45) is 20.2. The molecule has 0 unspecified atom stereocenters. The molecular formula is C28H43NO2. The van der Waals surface area contributed by atoms with E-state index in [1.165, 1.54) is 89.9 Å². The van der Waals surface area contributed by atoms with Gasteiger partial charge in [0.05, 0.1) is 0 Å². The van der Waals surface area contributed by atoms with Crippen LogP contribution < -0.4 is 5.32 Å². The first-order valence-corrected chi connectivity index (χ1v) is 12.7. The van der Waals surface area contributed by atoms with Crippen molar-refractivity contribution in [3.63, 3.8) is 0 Å². The van der Waals surface area contributed by atoms with Crippen molar-refractivity contribution in [1.82, 2.24) is 5.32 Å². The molecule has 0 fully saturated rings. The van der Waals surface area contributed by atoms with E-state index in [1.807, 2.05) is 24.3 Å². The Morgan fingerprint density at radius 2 is 1.29 bits per heavy atom. The Morgan fingerprint density at radius 1 is 0.742 bits per heavy atom. The van der Waals surface area contributed by atoms with E-state index in [2.05, 4.69) is 12.2 Å². The third-order valence-electron chi connectivity index (χ3n) is 6.17. The van der Waals surface area contributed by atoms with E-state index in [-0.39, 0.29) is 11.7 Å². The van der Waals surface area contributed by atoms with Gasteiger partial charge >= 0.3 is 0 Å². The molecule has 0 spiro atoms. The van der Waals surface area contributed by atoms with Crippen molar-refractivity contribution in [3.05, 3.63) is 42.0 Å². The second-order valence-electron chi connectivity index (χ2n) is 8.92. The normalized spacial score (nSPS) is 11.1. The van der Waals surface area contributed by atoms with Crippen molar-refractivity contribution in [2.75, 3.05) is 6.54 Å². The monoisotopic (exact) mass is 425 g/mol. The van der Waals surface area contributed by atoms with Gasteiger partial charge in [0.25, 0.3) is 5.91 Å². The van der Waals surface area contributed by atoms with Crippen molar-refractivity contribution < 1.29 is 9.90 Å². The molecule has 0 saturated heterocycles. The molecule has 2 rings (SSSR count). The Morgan fingerprint density at radius 3 is 1.87 bits per heavy atom. The van der Waals surface area contributed by atoms with Crippen LogP contribution in [0, 0.1) is 0 Å². The van der Waals surface area contributed by atoms with Crippen LogP contribution in [-0.4, -0.2) is 17.6 Å². The molecular weight excluding hydrogens is 382 g/mol. The number of amides is 1. The fourth-order valence-electron chi connectivity index (χ4n) is 4.26. The topological polar surface area (TPSA) is 49.3 Å². The number of benzene rings is 2. The van der Waals surface area contributed by atoms with Crippen LogP contribution in [0.4, 0.5) is 0 Å². The minimum absolute atomic E-state index is 0.0262. The number of fused-ring (bicyclic) bond motifs is 1. The number of aromatic hydroxyl groups is 1. The molecule has 31 heavy (non-hydrogen) atoms. The van der Waals surface area contributed by atoms with Crippen molar-refractivity contribution in [2.45, 2.75) is 103 Å². The van der Waals surface area contributed by atoms with E-state index in [0.717, 1.165) is 23.7 Å². The van der Waals surface area contributed by atoms with Crippen LogP contribution in [0.15, 0.2) is 36.4 Å². The highest BCUT2D eigenvalue weighted by Crippen LogP contribution is 2.23. The van der Waals surface area contributed by atoms with Gasteiger partial charge in [0.1, 0.15) is 5.75 Å². The van der Waals surface area contributed by atoms with Crippen LogP contribution in [0.1, 0.15) is 114 Å². The average Bonchev–Trinajstić information content (AvgIpc) is 2.78. The lowest BCUT2D eigenvalue weighted by molar-refractivity contribution is 0.0954. The molecule has 2 N–H and O–H groups in total. The fourth-order valence-corrected chi connectivity index (χ4v) is 4.26. The summed E-state index contributed by atoms with van der Waals surface area (Å²) in [5.74, 6) is 0.199. The largest absolute Gasteiger partial charge is 0.508 e. The average molecular weight is 426 g/mol. The van der Waals surface area contributed by atoms with Crippen molar-refractivity contribution in [1.29, 1.82) is 0 Å². The lowest BCUT2D eigenvalue weighted by Crippen LogP contribution is -2.24. The Bertz CT molecular complexity index is 756. The zero-order valence-electron chi connectivity index (χ0n) is 19.6. The van der Waals surface area contributed by atoms with Gasteiger partial charge in [-0.15, -0.1) is 0 Å². The van der Waals surface area contributed by atoms with Crippen LogP contribution in [0.5, 0.6) is 5.75 Å². The van der Waals surface area contributed by atoms with E-state index in [9.17, 15) is 9.90 Å². The summed E-state index contributed by atoms with van der Waals surface area (Å²) in [4.78, 5) is 12.5. The molecule has 3 heteroatoms. The zero-order valence-corrected chi connectivity index (χ0v) is 19.6. The van der Waals surface area contributed by atoms with Gasteiger partial charge in [-0.2, -0.15) is 0 Å². The third kappa shape index (κ3) is 10.2. The highest BCUT2D eigenvalue weighted by molar-refractivity contribution is 6.07. The molecule has 0 saturated carbocycles. The Labute approximate surface area is 189 Å². The van der Waals surface area contributed by atoms with Crippen molar-refractivity contribution in [2.24, 2.45) is 0 Å². The first-order valence-electron chi connectivity index (χ1n) is 12.7. The first kappa shape index (κ1) is 25.2. The van der Waals surface area contributed by atoms with Gasteiger partial charge in [-0.1, -0.05) is 109 Å². The maximum absolute atomic E-state index is 12.5. The van der Waals surface area contributed by atoms with Crippen molar-refractivity contribution in [3.8, 4) is 5.75 Å². The van der Waals surface area contributed by atoms with Gasteiger partial charge in [-0.05, 0) is 41.5 Å².